The fraction of sp³-hybridized carbons (Fsp3) is 0.438. The van der Waals surface area contributed by atoms with Gasteiger partial charge in [-0.15, -0.1) is 5.10 Å². The van der Waals surface area contributed by atoms with Crippen molar-refractivity contribution >= 4 is 18.1 Å². The SMILES string of the molecule is CC(=O)[O-].CC(C)(C)c1ccc(CC/C=[NH+]/N=C(N)N)cc1. The molecule has 1 aromatic rings. The zero-order valence-electron chi connectivity index (χ0n) is 13.7. The lowest BCUT2D eigenvalue weighted by Crippen LogP contribution is -2.63. The molecule has 0 unspecified atom stereocenters. The second-order valence-electron chi connectivity index (χ2n) is 5.85. The molecule has 0 fully saturated rings. The number of hydrogen-bond acceptors (Lipinski definition) is 3. The van der Waals surface area contributed by atoms with Crippen molar-refractivity contribution in [2.24, 2.45) is 16.6 Å². The van der Waals surface area contributed by atoms with Crippen molar-refractivity contribution in [1.82, 2.24) is 0 Å². The normalized spacial score (nSPS) is 10.7. The van der Waals surface area contributed by atoms with E-state index in [0.29, 0.717) is 0 Å². The van der Waals surface area contributed by atoms with Crippen molar-refractivity contribution < 1.29 is 15.0 Å². The van der Waals surface area contributed by atoms with Crippen LogP contribution in [0.3, 0.4) is 0 Å². The van der Waals surface area contributed by atoms with E-state index in [1.54, 1.807) is 0 Å². The number of carboxylic acids is 1. The van der Waals surface area contributed by atoms with Crippen LogP contribution in [-0.2, 0) is 16.6 Å². The molecule has 6 nitrogen and oxygen atoms in total. The fourth-order valence-electron chi connectivity index (χ4n) is 1.59. The summed E-state index contributed by atoms with van der Waals surface area (Å²) in [6.45, 7) is 7.62. The van der Waals surface area contributed by atoms with Crippen molar-refractivity contribution in [2.75, 3.05) is 0 Å². The van der Waals surface area contributed by atoms with E-state index in [4.69, 9.17) is 21.4 Å². The highest BCUT2D eigenvalue weighted by Gasteiger charge is 2.12. The fourth-order valence-corrected chi connectivity index (χ4v) is 1.59. The zero-order valence-corrected chi connectivity index (χ0v) is 13.7. The van der Waals surface area contributed by atoms with Crippen molar-refractivity contribution in [3.05, 3.63) is 35.4 Å². The maximum atomic E-state index is 8.89. The van der Waals surface area contributed by atoms with Gasteiger partial charge in [0.25, 0.3) is 5.96 Å². The summed E-state index contributed by atoms with van der Waals surface area (Å²) >= 11 is 0. The second kappa shape index (κ2) is 9.55. The van der Waals surface area contributed by atoms with Crippen molar-refractivity contribution in [3.8, 4) is 0 Å². The molecular weight excluding hydrogens is 280 g/mol. The predicted octanol–water partition coefficient (Wildman–Crippen LogP) is -0.987. The molecule has 0 saturated carbocycles. The van der Waals surface area contributed by atoms with Crippen molar-refractivity contribution in [2.45, 2.75) is 46.0 Å². The van der Waals surface area contributed by atoms with Crippen LogP contribution >= 0.6 is 0 Å². The Hall–Kier alpha value is -2.37. The first-order valence-electron chi connectivity index (χ1n) is 7.05. The number of rotatable bonds is 4. The van der Waals surface area contributed by atoms with Gasteiger partial charge in [0.1, 0.15) is 0 Å². The zero-order chi connectivity index (χ0) is 17.2. The average molecular weight is 306 g/mol. The van der Waals surface area contributed by atoms with Gasteiger partial charge in [0.05, 0.1) is 0 Å². The van der Waals surface area contributed by atoms with E-state index in [9.17, 15) is 0 Å². The van der Waals surface area contributed by atoms with Crippen LogP contribution in [0.25, 0.3) is 0 Å². The molecule has 122 valence electrons. The molecule has 0 radical (unpaired) electrons. The van der Waals surface area contributed by atoms with Crippen molar-refractivity contribution in [3.63, 3.8) is 0 Å². The van der Waals surface area contributed by atoms with E-state index in [2.05, 4.69) is 55.2 Å². The van der Waals surface area contributed by atoms with Gasteiger partial charge in [-0.2, -0.15) is 0 Å². The van der Waals surface area contributed by atoms with Gasteiger partial charge in [-0.05, 0) is 29.9 Å². The average Bonchev–Trinajstić information content (AvgIpc) is 2.37. The third-order valence-corrected chi connectivity index (χ3v) is 2.68. The molecular formula is C16H26N4O2. The highest BCUT2D eigenvalue weighted by molar-refractivity contribution is 5.74. The Morgan fingerprint density at radius 2 is 1.77 bits per heavy atom. The van der Waals surface area contributed by atoms with Crippen molar-refractivity contribution in [1.29, 1.82) is 0 Å². The minimum absolute atomic E-state index is 0.0424. The Morgan fingerprint density at radius 1 is 1.27 bits per heavy atom. The molecule has 22 heavy (non-hydrogen) atoms. The van der Waals surface area contributed by atoms with E-state index in [0.717, 1.165) is 19.8 Å². The minimum Gasteiger partial charge on any atom is -0.550 e. The maximum Gasteiger partial charge on any atom is 0.256 e. The standard InChI is InChI=1S/C14H22N4.C2H4O2/c1-14(2,3)12-8-6-11(7-9-12)5-4-10-17-18-13(15)16;1-2(3)4/h6-10H,4-5H2,1-3H3,(H4,15,16,18);1H3,(H,3,4)/b17-10+;. The predicted molar refractivity (Wildman–Crippen MR) is 87.0 cm³/mol. The van der Waals surface area contributed by atoms with Gasteiger partial charge in [0, 0.05) is 17.5 Å². The quantitative estimate of drug-likeness (QED) is 0.376. The number of hydrogen-bond donors (Lipinski definition) is 3. The highest BCUT2D eigenvalue weighted by atomic mass is 16.4. The lowest BCUT2D eigenvalue weighted by Gasteiger charge is -2.19. The number of guanidine groups is 1. The molecule has 1 aromatic carbocycles. The maximum absolute atomic E-state index is 8.89. The topological polar surface area (TPSA) is 118 Å². The van der Waals surface area contributed by atoms with Gasteiger partial charge in [-0.25, -0.2) is 0 Å². The molecule has 0 spiro atoms. The van der Waals surface area contributed by atoms with Crippen LogP contribution in [0.2, 0.25) is 0 Å². The number of nitrogens with zero attached hydrogens (tertiary/aromatic N) is 1. The summed E-state index contributed by atoms with van der Waals surface area (Å²) in [6, 6.07) is 8.74. The summed E-state index contributed by atoms with van der Waals surface area (Å²) in [5.74, 6) is -1.04. The van der Waals surface area contributed by atoms with E-state index in [1.165, 1.54) is 11.1 Å². The number of aliphatic carboxylic acids is 1. The van der Waals surface area contributed by atoms with Gasteiger partial charge in [0.2, 0.25) is 0 Å². The van der Waals surface area contributed by atoms with Gasteiger partial charge < -0.3 is 21.4 Å². The van der Waals surface area contributed by atoms with Crippen LogP contribution in [0, 0.1) is 0 Å². The molecule has 0 aliphatic heterocycles. The number of hydrazone groups is 1. The molecule has 0 atom stereocenters. The summed E-state index contributed by atoms with van der Waals surface area (Å²) in [5, 5.41) is 15.3. The van der Waals surface area contributed by atoms with Crippen LogP contribution in [-0.4, -0.2) is 18.1 Å². The molecule has 0 aliphatic carbocycles. The summed E-state index contributed by atoms with van der Waals surface area (Å²) < 4.78 is 0. The number of nitrogens with two attached hydrogens (primary N) is 2. The monoisotopic (exact) mass is 306 g/mol. The summed E-state index contributed by atoms with van der Waals surface area (Å²) in [6.07, 6.45) is 3.69. The molecule has 0 amide bonds. The lowest BCUT2D eigenvalue weighted by molar-refractivity contribution is -0.458. The summed E-state index contributed by atoms with van der Waals surface area (Å²) in [5.41, 5.74) is 13.3. The third-order valence-electron chi connectivity index (χ3n) is 2.68. The number of aryl methyl sites for hydroxylation is 1. The number of carboxylic acid groups (broad SMARTS) is 1. The Morgan fingerprint density at radius 3 is 2.18 bits per heavy atom. The molecule has 0 heterocycles. The number of nitrogens with one attached hydrogen (secondary N) is 1. The van der Waals surface area contributed by atoms with Gasteiger partial charge in [-0.1, -0.05) is 45.0 Å². The second-order valence-corrected chi connectivity index (χ2v) is 5.85. The Bertz CT molecular complexity index is 506. The smallest absolute Gasteiger partial charge is 0.256 e. The Kier molecular flexibility index (Phi) is 8.52. The highest BCUT2D eigenvalue weighted by Crippen LogP contribution is 2.22. The first-order valence-corrected chi connectivity index (χ1v) is 7.05. The van der Waals surface area contributed by atoms with Gasteiger partial charge >= 0.3 is 0 Å². The van der Waals surface area contributed by atoms with Crippen LogP contribution < -0.4 is 21.7 Å². The largest absolute Gasteiger partial charge is 0.550 e. The van der Waals surface area contributed by atoms with Gasteiger partial charge in [-0.3, -0.25) is 0 Å². The third kappa shape index (κ3) is 10.4. The first-order chi connectivity index (χ1) is 10.1. The number of carbonyl (C=O) groups is 1. The lowest BCUT2D eigenvalue weighted by atomic mass is 9.86. The Balaban J connectivity index is 0.000000980. The van der Waals surface area contributed by atoms with E-state index < -0.39 is 5.97 Å². The molecule has 0 saturated heterocycles. The molecule has 0 bridgehead atoms. The summed E-state index contributed by atoms with van der Waals surface area (Å²) in [7, 11) is 0. The van der Waals surface area contributed by atoms with Crippen LogP contribution in [0.15, 0.2) is 29.4 Å². The molecule has 6 heteroatoms. The molecule has 5 N–H and O–H groups in total. The summed E-state index contributed by atoms with van der Waals surface area (Å²) in [4.78, 5) is 8.89. The first kappa shape index (κ1) is 19.6. The molecule has 0 aromatic heterocycles. The minimum atomic E-state index is -1.08. The number of carbonyl (C=O) groups excluding carboxylic acids is 1. The van der Waals surface area contributed by atoms with Crippen LogP contribution in [0.5, 0.6) is 0 Å². The van der Waals surface area contributed by atoms with E-state index in [-0.39, 0.29) is 11.4 Å². The van der Waals surface area contributed by atoms with Crippen LogP contribution in [0.1, 0.15) is 45.2 Å². The van der Waals surface area contributed by atoms with Gasteiger partial charge in [0.15, 0.2) is 6.21 Å². The Labute approximate surface area is 131 Å². The van der Waals surface area contributed by atoms with E-state index in [1.807, 2.05) is 6.21 Å². The van der Waals surface area contributed by atoms with E-state index >= 15 is 0 Å². The number of benzene rings is 1. The van der Waals surface area contributed by atoms with Crippen LogP contribution in [0.4, 0.5) is 0 Å². The molecule has 1 rings (SSSR count). The molecule has 0 aliphatic rings.